The second kappa shape index (κ2) is 10.8. The van der Waals surface area contributed by atoms with Crippen molar-refractivity contribution >= 4 is 37.3 Å². The van der Waals surface area contributed by atoms with E-state index in [4.69, 9.17) is 0 Å². The van der Waals surface area contributed by atoms with E-state index in [9.17, 15) is 25.9 Å². The molecule has 172 valence electrons. The number of rotatable bonds is 9. The Labute approximate surface area is 217 Å². The molecule has 0 saturated carbocycles. The zero-order valence-electron chi connectivity index (χ0n) is 18.8. The number of fused-ring (bicyclic) bond motifs is 1. The van der Waals surface area contributed by atoms with Gasteiger partial charge in [-0.2, -0.15) is 4.58 Å². The fraction of sp³-hybridized carbons (Fsp3) is 0.318. The van der Waals surface area contributed by atoms with E-state index in [0.29, 0.717) is 12.1 Å². The van der Waals surface area contributed by atoms with E-state index in [0.717, 1.165) is 17.1 Å². The van der Waals surface area contributed by atoms with Crippen LogP contribution in [0.25, 0.3) is 0 Å². The number of para-hydroxylation sites is 1. The Morgan fingerprint density at radius 1 is 1.06 bits per heavy atom. The molecule has 0 fully saturated rings. The van der Waals surface area contributed by atoms with Crippen molar-refractivity contribution in [2.75, 3.05) is 17.6 Å². The summed E-state index contributed by atoms with van der Waals surface area (Å²) in [5, 5.41) is 3.18. The number of allylic oxidation sites excluding steroid dienone is 1. The Morgan fingerprint density at radius 3 is 2.30 bits per heavy atom. The summed E-state index contributed by atoms with van der Waals surface area (Å²) in [5.41, 5.74) is 2.24. The first kappa shape index (κ1) is 27.7. The number of anilines is 1. The van der Waals surface area contributed by atoms with E-state index in [1.807, 2.05) is 54.8 Å². The number of benzene rings is 2. The molecule has 0 amide bonds. The van der Waals surface area contributed by atoms with Crippen LogP contribution in [-0.4, -0.2) is 48.5 Å². The smallest absolute Gasteiger partial charge is 0.748 e. The van der Waals surface area contributed by atoms with Gasteiger partial charge in [-0.25, -0.2) is 16.8 Å². The summed E-state index contributed by atoms with van der Waals surface area (Å²) in [6, 6.07) is 13.7. The van der Waals surface area contributed by atoms with E-state index in [1.54, 1.807) is 12.3 Å². The van der Waals surface area contributed by atoms with Gasteiger partial charge in [-0.1, -0.05) is 18.2 Å². The predicted molar refractivity (Wildman–Crippen MR) is 120 cm³/mol. The van der Waals surface area contributed by atoms with Crippen LogP contribution in [-0.2, 0) is 25.7 Å². The van der Waals surface area contributed by atoms with Crippen molar-refractivity contribution in [3.05, 3.63) is 66.4 Å². The van der Waals surface area contributed by atoms with E-state index < -0.39 is 31.4 Å². The van der Waals surface area contributed by atoms with Crippen molar-refractivity contribution in [1.82, 2.24) is 0 Å². The van der Waals surface area contributed by atoms with Gasteiger partial charge in [-0.3, -0.25) is 0 Å². The zero-order valence-corrected chi connectivity index (χ0v) is 22.4. The van der Waals surface area contributed by atoms with Crippen molar-refractivity contribution in [1.29, 1.82) is 0 Å². The molecular formula is C22H25N2NaO6S2. The molecule has 0 bridgehead atoms. The molecule has 0 radical (unpaired) electrons. The molecule has 0 aromatic heterocycles. The van der Waals surface area contributed by atoms with Crippen molar-refractivity contribution in [3.8, 4) is 0 Å². The van der Waals surface area contributed by atoms with Crippen LogP contribution in [0.5, 0.6) is 0 Å². The van der Waals surface area contributed by atoms with Gasteiger partial charge >= 0.3 is 29.6 Å². The molecule has 1 aliphatic rings. The van der Waals surface area contributed by atoms with Gasteiger partial charge < -0.3 is 14.4 Å². The van der Waals surface area contributed by atoms with Crippen molar-refractivity contribution in [2.45, 2.75) is 37.0 Å². The molecule has 1 atom stereocenters. The van der Waals surface area contributed by atoms with Crippen molar-refractivity contribution in [3.63, 3.8) is 0 Å². The van der Waals surface area contributed by atoms with E-state index >= 15 is 0 Å². The van der Waals surface area contributed by atoms with Gasteiger partial charge in [0.2, 0.25) is 5.69 Å². The first-order valence-corrected chi connectivity index (χ1v) is 13.1. The van der Waals surface area contributed by atoms with Gasteiger partial charge in [0.15, 0.2) is 5.71 Å². The summed E-state index contributed by atoms with van der Waals surface area (Å²) in [6.45, 7) is 4.37. The molecule has 11 heteroatoms. The number of hydrogen-bond donors (Lipinski definition) is 1. The Bertz CT molecular complexity index is 1280. The summed E-state index contributed by atoms with van der Waals surface area (Å²) in [5.74, 6) is -0.525. The van der Waals surface area contributed by atoms with Crippen LogP contribution in [0.1, 0.15) is 32.3 Å². The van der Waals surface area contributed by atoms with Gasteiger partial charge in [0.05, 0.1) is 20.4 Å². The second-order valence-electron chi connectivity index (χ2n) is 7.80. The standard InChI is InChI=1S/C22H26N2O6S2.Na/c1-3-24-20-11-10-18(32(28,29)30)16-19(20)22(2,13-7-15-31(25,26)27)21(24)12-14-23-17-8-5-4-6-9-17;/h4-6,8-12,14,16H,3,7,13,15H2,1-2H3,(H2,25,26,27,28,29,30);/q;+1/p-1. The van der Waals surface area contributed by atoms with Crippen LogP contribution in [0, 0.1) is 0 Å². The minimum atomic E-state index is -4.67. The molecule has 33 heavy (non-hydrogen) atoms. The normalized spacial score (nSPS) is 18.3. The third-order valence-electron chi connectivity index (χ3n) is 5.65. The number of nitrogens with zero attached hydrogens (tertiary/aromatic N) is 1. The van der Waals surface area contributed by atoms with Crippen LogP contribution in [0.3, 0.4) is 0 Å². The SMILES string of the molecule is CC[N+]1=C(/C=C/Nc2ccccc2)C(C)(CCCS(=O)(=O)[O-])c2cc(S(=O)(=O)[O-])ccc21.[Na+]. The minimum Gasteiger partial charge on any atom is -0.748 e. The van der Waals surface area contributed by atoms with Gasteiger partial charge in [-0.05, 0) is 51.0 Å². The average Bonchev–Trinajstić information content (AvgIpc) is 2.95. The van der Waals surface area contributed by atoms with Crippen molar-refractivity contribution in [2.24, 2.45) is 0 Å². The Balaban J connectivity index is 0.00000385. The quantitative estimate of drug-likeness (QED) is 0.290. The monoisotopic (exact) mass is 500 g/mol. The first-order valence-electron chi connectivity index (χ1n) is 10.1. The molecule has 8 nitrogen and oxygen atoms in total. The largest absolute Gasteiger partial charge is 1.00 e. The van der Waals surface area contributed by atoms with Crippen LogP contribution in [0.4, 0.5) is 11.4 Å². The Hall–Kier alpha value is -1.53. The molecular weight excluding hydrogens is 475 g/mol. The summed E-state index contributed by atoms with van der Waals surface area (Å²) in [7, 11) is -9.06. The van der Waals surface area contributed by atoms with Crippen LogP contribution in [0.15, 0.2) is 65.7 Å². The number of hydrogen-bond acceptors (Lipinski definition) is 7. The molecule has 1 unspecified atom stereocenters. The molecule has 3 rings (SSSR count). The van der Waals surface area contributed by atoms with Crippen LogP contribution in [0.2, 0.25) is 0 Å². The Kier molecular flexibility index (Phi) is 9.08. The van der Waals surface area contributed by atoms with Gasteiger partial charge in [0, 0.05) is 35.3 Å². The molecule has 2 aromatic carbocycles. The topological polar surface area (TPSA) is 129 Å². The maximum atomic E-state index is 11.6. The Morgan fingerprint density at radius 2 is 1.73 bits per heavy atom. The maximum absolute atomic E-state index is 11.6. The van der Waals surface area contributed by atoms with Crippen molar-refractivity contribution < 1.29 is 60.1 Å². The maximum Gasteiger partial charge on any atom is 1.00 e. The molecule has 2 aromatic rings. The summed E-state index contributed by atoms with van der Waals surface area (Å²) in [6.07, 6.45) is 3.99. The first-order chi connectivity index (χ1) is 15.0. The zero-order chi connectivity index (χ0) is 23.6. The summed E-state index contributed by atoms with van der Waals surface area (Å²) >= 11 is 0. The van der Waals surface area contributed by atoms with Crippen LogP contribution >= 0.6 is 0 Å². The second-order valence-corrected chi connectivity index (χ2v) is 10.7. The summed E-state index contributed by atoms with van der Waals surface area (Å²) in [4.78, 5) is -0.345. The fourth-order valence-corrected chi connectivity index (χ4v) is 5.14. The van der Waals surface area contributed by atoms with Gasteiger partial charge in [0.1, 0.15) is 16.7 Å². The van der Waals surface area contributed by atoms with Gasteiger partial charge in [-0.15, -0.1) is 0 Å². The van der Waals surface area contributed by atoms with E-state index in [-0.39, 0.29) is 47.3 Å². The third kappa shape index (κ3) is 6.54. The molecule has 0 aliphatic carbocycles. The van der Waals surface area contributed by atoms with Crippen LogP contribution < -0.4 is 34.9 Å². The fourth-order valence-electron chi connectivity index (χ4n) is 4.14. The molecule has 1 N–H and O–H groups in total. The third-order valence-corrected chi connectivity index (χ3v) is 7.27. The average molecular weight is 501 g/mol. The minimum absolute atomic E-state index is 0. The summed E-state index contributed by atoms with van der Waals surface area (Å²) < 4.78 is 70.3. The molecule has 0 spiro atoms. The van der Waals surface area contributed by atoms with E-state index in [1.165, 1.54) is 12.1 Å². The van der Waals surface area contributed by atoms with E-state index in [2.05, 4.69) is 5.32 Å². The molecule has 1 aliphatic heterocycles. The molecule has 0 saturated heterocycles. The van der Waals surface area contributed by atoms with Gasteiger partial charge in [0.25, 0.3) is 0 Å². The number of nitrogens with one attached hydrogen (secondary N) is 1. The predicted octanol–water partition coefficient (Wildman–Crippen LogP) is -0.0779. The molecule has 1 heterocycles.